The van der Waals surface area contributed by atoms with Gasteiger partial charge in [-0.25, -0.2) is 22.9 Å². The van der Waals surface area contributed by atoms with E-state index in [1.807, 2.05) is 0 Å². The third-order valence-electron chi connectivity index (χ3n) is 2.70. The predicted octanol–water partition coefficient (Wildman–Crippen LogP) is 1.52. The Balaban J connectivity index is 1.90. The van der Waals surface area contributed by atoms with Crippen molar-refractivity contribution in [2.24, 2.45) is 5.14 Å². The van der Waals surface area contributed by atoms with Crippen molar-refractivity contribution in [3.05, 3.63) is 54.0 Å². The number of halogens is 1. The minimum Gasteiger partial charge on any atom is -0.370 e. The molecule has 7 heteroatoms. The largest absolute Gasteiger partial charge is 0.370 e. The maximum atomic E-state index is 12.7. The van der Waals surface area contributed by atoms with E-state index < -0.39 is 10.0 Å². The van der Waals surface area contributed by atoms with Gasteiger partial charge in [-0.05, 0) is 36.2 Å². The summed E-state index contributed by atoms with van der Waals surface area (Å²) in [6.07, 6.45) is 1.83. The number of pyridine rings is 1. The molecule has 2 rings (SSSR count). The lowest BCUT2D eigenvalue weighted by Crippen LogP contribution is -2.12. The van der Waals surface area contributed by atoms with E-state index in [0.29, 0.717) is 18.8 Å². The van der Waals surface area contributed by atoms with E-state index in [1.54, 1.807) is 18.2 Å². The van der Waals surface area contributed by atoms with E-state index >= 15 is 0 Å². The second kappa shape index (κ2) is 5.98. The van der Waals surface area contributed by atoms with Crippen molar-refractivity contribution >= 4 is 15.8 Å². The number of hydrogen-bond donors (Lipinski definition) is 2. The van der Waals surface area contributed by atoms with Crippen LogP contribution in [0.25, 0.3) is 0 Å². The molecule has 2 aromatic rings. The van der Waals surface area contributed by atoms with Gasteiger partial charge in [0.15, 0.2) is 0 Å². The van der Waals surface area contributed by atoms with Gasteiger partial charge in [-0.2, -0.15) is 0 Å². The molecular weight excluding hydrogens is 281 g/mol. The Morgan fingerprint density at radius 1 is 1.15 bits per heavy atom. The second-order valence-corrected chi connectivity index (χ2v) is 5.79. The lowest BCUT2D eigenvalue weighted by atomic mass is 10.1. The number of primary sulfonamides is 1. The molecule has 5 nitrogen and oxygen atoms in total. The number of benzene rings is 1. The van der Waals surface area contributed by atoms with Crippen LogP contribution in [-0.2, 0) is 16.4 Å². The molecule has 1 aromatic carbocycles. The highest BCUT2D eigenvalue weighted by Crippen LogP contribution is 2.10. The van der Waals surface area contributed by atoms with Crippen molar-refractivity contribution in [2.45, 2.75) is 11.3 Å². The summed E-state index contributed by atoms with van der Waals surface area (Å²) in [7, 11) is -3.65. The smallest absolute Gasteiger partial charge is 0.238 e. The highest BCUT2D eigenvalue weighted by molar-refractivity contribution is 7.89. The molecule has 0 aliphatic rings. The summed E-state index contributed by atoms with van der Waals surface area (Å²) in [6.45, 7) is 0.605. The lowest BCUT2D eigenvalue weighted by Gasteiger charge is -2.06. The van der Waals surface area contributed by atoms with E-state index in [0.717, 1.165) is 11.8 Å². The Morgan fingerprint density at radius 2 is 1.85 bits per heavy atom. The van der Waals surface area contributed by atoms with Gasteiger partial charge in [-0.15, -0.1) is 0 Å². The molecular formula is C13H14FN3O2S. The van der Waals surface area contributed by atoms with Gasteiger partial charge in [0.1, 0.15) is 11.6 Å². The molecule has 0 bridgehead atoms. The molecule has 0 aliphatic carbocycles. The van der Waals surface area contributed by atoms with E-state index in [-0.39, 0.29) is 10.7 Å². The Hall–Kier alpha value is -1.99. The minimum atomic E-state index is -3.65. The van der Waals surface area contributed by atoms with Crippen molar-refractivity contribution in [1.29, 1.82) is 0 Å². The molecule has 0 fully saturated rings. The maximum Gasteiger partial charge on any atom is 0.238 e. The first-order valence-electron chi connectivity index (χ1n) is 5.92. The quantitative estimate of drug-likeness (QED) is 0.876. The minimum absolute atomic E-state index is 0.0920. The molecule has 20 heavy (non-hydrogen) atoms. The van der Waals surface area contributed by atoms with Crippen LogP contribution in [0, 0.1) is 5.82 Å². The van der Waals surface area contributed by atoms with Gasteiger partial charge in [0.2, 0.25) is 10.0 Å². The zero-order valence-corrected chi connectivity index (χ0v) is 11.4. The molecule has 0 saturated carbocycles. The average Bonchev–Trinajstić information content (AvgIpc) is 2.41. The number of anilines is 1. The fourth-order valence-electron chi connectivity index (χ4n) is 1.66. The van der Waals surface area contributed by atoms with Crippen LogP contribution in [0.1, 0.15) is 5.56 Å². The van der Waals surface area contributed by atoms with E-state index in [9.17, 15) is 12.8 Å². The Labute approximate surface area is 116 Å². The van der Waals surface area contributed by atoms with E-state index in [1.165, 1.54) is 18.2 Å². The van der Waals surface area contributed by atoms with Gasteiger partial charge in [0.25, 0.3) is 0 Å². The first kappa shape index (κ1) is 14.4. The van der Waals surface area contributed by atoms with Crippen molar-refractivity contribution in [3.63, 3.8) is 0 Å². The van der Waals surface area contributed by atoms with Crippen molar-refractivity contribution in [3.8, 4) is 0 Å². The van der Waals surface area contributed by atoms with Gasteiger partial charge in [0.05, 0.1) is 11.1 Å². The Bertz CT molecular complexity index is 670. The number of nitrogens with one attached hydrogen (secondary N) is 1. The van der Waals surface area contributed by atoms with Crippen LogP contribution in [0.5, 0.6) is 0 Å². The van der Waals surface area contributed by atoms with Crippen LogP contribution in [-0.4, -0.2) is 19.9 Å². The highest BCUT2D eigenvalue weighted by Gasteiger charge is 2.06. The standard InChI is InChI=1S/C13H14FN3O2S/c14-11-3-6-13(17-9-11)16-8-7-10-1-4-12(5-2-10)20(15,18)19/h1-6,9H,7-8H2,(H,16,17)(H2,15,18,19). The van der Waals surface area contributed by atoms with Gasteiger partial charge < -0.3 is 5.32 Å². The van der Waals surface area contributed by atoms with Crippen LogP contribution in [0.2, 0.25) is 0 Å². The maximum absolute atomic E-state index is 12.7. The summed E-state index contributed by atoms with van der Waals surface area (Å²) in [5.74, 6) is 0.210. The van der Waals surface area contributed by atoms with Gasteiger partial charge in [-0.1, -0.05) is 12.1 Å². The molecule has 1 aromatic heterocycles. The van der Waals surface area contributed by atoms with E-state index in [4.69, 9.17) is 5.14 Å². The second-order valence-electron chi connectivity index (χ2n) is 4.23. The highest BCUT2D eigenvalue weighted by atomic mass is 32.2. The molecule has 0 radical (unpaired) electrons. The van der Waals surface area contributed by atoms with E-state index in [2.05, 4.69) is 10.3 Å². The van der Waals surface area contributed by atoms with Crippen molar-refractivity contribution in [1.82, 2.24) is 4.98 Å². The van der Waals surface area contributed by atoms with Gasteiger partial charge in [0, 0.05) is 6.54 Å². The normalized spacial score (nSPS) is 11.3. The molecule has 0 saturated heterocycles. The number of nitrogens with two attached hydrogens (primary N) is 1. The Kier molecular flexibility index (Phi) is 4.31. The molecule has 0 aliphatic heterocycles. The summed E-state index contributed by atoms with van der Waals surface area (Å²) in [4.78, 5) is 3.97. The monoisotopic (exact) mass is 295 g/mol. The molecule has 0 unspecified atom stereocenters. The summed E-state index contributed by atoms with van der Waals surface area (Å²) in [6, 6.07) is 9.25. The summed E-state index contributed by atoms with van der Waals surface area (Å²) >= 11 is 0. The zero-order valence-electron chi connectivity index (χ0n) is 10.6. The van der Waals surface area contributed by atoms with Gasteiger partial charge in [-0.3, -0.25) is 0 Å². The van der Waals surface area contributed by atoms with Gasteiger partial charge >= 0.3 is 0 Å². The third kappa shape index (κ3) is 4.01. The van der Waals surface area contributed by atoms with Crippen LogP contribution in [0.3, 0.4) is 0 Å². The summed E-state index contributed by atoms with van der Waals surface area (Å²) < 4.78 is 34.9. The molecule has 106 valence electrons. The summed E-state index contributed by atoms with van der Waals surface area (Å²) in [5, 5.41) is 8.06. The van der Waals surface area contributed by atoms with Crippen LogP contribution < -0.4 is 10.5 Å². The van der Waals surface area contributed by atoms with Crippen LogP contribution in [0.15, 0.2) is 47.5 Å². The molecule has 3 N–H and O–H groups in total. The number of rotatable bonds is 5. The van der Waals surface area contributed by atoms with Crippen molar-refractivity contribution < 1.29 is 12.8 Å². The van der Waals surface area contributed by atoms with Crippen LogP contribution >= 0.6 is 0 Å². The number of nitrogens with zero attached hydrogens (tertiary/aromatic N) is 1. The number of aromatic nitrogens is 1. The third-order valence-corrected chi connectivity index (χ3v) is 3.63. The van der Waals surface area contributed by atoms with Crippen LogP contribution in [0.4, 0.5) is 10.2 Å². The fourth-order valence-corrected chi connectivity index (χ4v) is 2.18. The SMILES string of the molecule is NS(=O)(=O)c1ccc(CCNc2ccc(F)cn2)cc1. The molecule has 0 spiro atoms. The zero-order chi connectivity index (χ0) is 14.6. The first-order valence-corrected chi connectivity index (χ1v) is 7.47. The first-order chi connectivity index (χ1) is 9.45. The topological polar surface area (TPSA) is 85.1 Å². The lowest BCUT2D eigenvalue weighted by molar-refractivity contribution is 0.597. The molecule has 1 heterocycles. The molecule has 0 atom stereocenters. The van der Waals surface area contributed by atoms with Crippen molar-refractivity contribution in [2.75, 3.05) is 11.9 Å². The Morgan fingerprint density at radius 3 is 2.40 bits per heavy atom. The number of hydrogen-bond acceptors (Lipinski definition) is 4. The average molecular weight is 295 g/mol. The predicted molar refractivity (Wildman–Crippen MR) is 74.2 cm³/mol. The molecule has 0 amide bonds. The number of sulfonamides is 1. The fraction of sp³-hybridized carbons (Fsp3) is 0.154. The summed E-state index contributed by atoms with van der Waals surface area (Å²) in [5.41, 5.74) is 0.965.